The molecule has 130 valence electrons. The first kappa shape index (κ1) is 17.4. The largest absolute Gasteiger partial charge is 0.478 e. The monoisotopic (exact) mass is 368 g/mol. The molecule has 0 bridgehead atoms. The maximum absolute atomic E-state index is 11.9. The van der Waals surface area contributed by atoms with Gasteiger partial charge in [0.2, 0.25) is 0 Å². The Morgan fingerprint density at radius 2 is 1.85 bits per heavy atom. The number of hydrazone groups is 1. The summed E-state index contributed by atoms with van der Waals surface area (Å²) in [4.78, 5) is 22.9. The Labute approximate surface area is 153 Å². The van der Waals surface area contributed by atoms with E-state index in [0.717, 1.165) is 0 Å². The molecule has 0 radical (unpaired) electrons. The van der Waals surface area contributed by atoms with Crippen molar-refractivity contribution >= 4 is 29.7 Å². The number of amides is 1. The van der Waals surface area contributed by atoms with E-state index in [0.29, 0.717) is 22.6 Å². The highest BCUT2D eigenvalue weighted by atomic mass is 35.5. The molecule has 1 aromatic heterocycles. The second-order valence-electron chi connectivity index (χ2n) is 5.27. The number of furan rings is 1. The Kier molecular flexibility index (Phi) is 5.15. The topological polar surface area (TPSA) is 91.9 Å². The van der Waals surface area contributed by atoms with E-state index < -0.39 is 5.97 Å². The lowest BCUT2D eigenvalue weighted by molar-refractivity contribution is 0.0696. The predicted octanol–water partition coefficient (Wildman–Crippen LogP) is 4.06. The van der Waals surface area contributed by atoms with Crippen molar-refractivity contribution in [3.05, 3.63) is 82.6 Å². The molecule has 0 atom stereocenters. The van der Waals surface area contributed by atoms with E-state index in [1.54, 1.807) is 42.5 Å². The predicted molar refractivity (Wildman–Crippen MR) is 97.6 cm³/mol. The molecule has 7 heteroatoms. The van der Waals surface area contributed by atoms with Gasteiger partial charge in [-0.1, -0.05) is 35.9 Å². The quantitative estimate of drug-likeness (QED) is 0.524. The molecule has 26 heavy (non-hydrogen) atoms. The van der Waals surface area contributed by atoms with Gasteiger partial charge >= 0.3 is 5.97 Å². The average Bonchev–Trinajstić information content (AvgIpc) is 3.11. The van der Waals surface area contributed by atoms with Gasteiger partial charge in [-0.25, -0.2) is 10.2 Å². The van der Waals surface area contributed by atoms with Crippen molar-refractivity contribution in [2.45, 2.75) is 0 Å². The molecular weight excluding hydrogens is 356 g/mol. The van der Waals surface area contributed by atoms with Crippen LogP contribution in [-0.2, 0) is 0 Å². The molecule has 1 heterocycles. The number of nitrogens with zero attached hydrogens (tertiary/aromatic N) is 1. The minimum atomic E-state index is -1.09. The van der Waals surface area contributed by atoms with Crippen LogP contribution < -0.4 is 5.43 Å². The van der Waals surface area contributed by atoms with Gasteiger partial charge in [0.1, 0.15) is 11.5 Å². The van der Waals surface area contributed by atoms with Crippen LogP contribution in [0.5, 0.6) is 0 Å². The first-order valence-electron chi connectivity index (χ1n) is 7.56. The maximum atomic E-state index is 11.9. The number of hydrogen-bond acceptors (Lipinski definition) is 4. The van der Waals surface area contributed by atoms with Crippen LogP contribution >= 0.6 is 11.6 Å². The number of halogens is 1. The Morgan fingerprint density at radius 3 is 2.54 bits per heavy atom. The summed E-state index contributed by atoms with van der Waals surface area (Å²) >= 11 is 5.96. The number of nitrogens with one attached hydrogen (secondary N) is 1. The summed E-state index contributed by atoms with van der Waals surface area (Å²) in [5.74, 6) is -0.501. The molecule has 0 aliphatic heterocycles. The van der Waals surface area contributed by atoms with E-state index in [9.17, 15) is 9.59 Å². The van der Waals surface area contributed by atoms with E-state index >= 15 is 0 Å². The third-order valence-electron chi connectivity index (χ3n) is 3.50. The standard InChI is InChI=1S/C19H13ClN2O4/c20-16-10-13(6-8-15(16)19(24)25)17-9-7-14(26-17)11-21-22-18(23)12-4-2-1-3-5-12/h1-11H,(H,22,23)(H,24,25)/b21-11-. The summed E-state index contributed by atoms with van der Waals surface area (Å²) in [7, 11) is 0. The number of carbonyl (C=O) groups excluding carboxylic acids is 1. The molecule has 0 unspecified atom stereocenters. The van der Waals surface area contributed by atoms with E-state index in [-0.39, 0.29) is 16.5 Å². The number of hydrogen-bond donors (Lipinski definition) is 2. The molecule has 0 saturated heterocycles. The third-order valence-corrected chi connectivity index (χ3v) is 3.82. The van der Waals surface area contributed by atoms with Crippen LogP contribution in [0.4, 0.5) is 0 Å². The van der Waals surface area contributed by atoms with Gasteiger partial charge in [-0.2, -0.15) is 5.10 Å². The molecule has 2 aromatic carbocycles. The van der Waals surface area contributed by atoms with Crippen LogP contribution in [0.2, 0.25) is 5.02 Å². The molecule has 0 aliphatic carbocycles. The van der Waals surface area contributed by atoms with Gasteiger partial charge in [0, 0.05) is 11.1 Å². The van der Waals surface area contributed by atoms with Crippen molar-refractivity contribution in [3.63, 3.8) is 0 Å². The molecule has 0 spiro atoms. The fourth-order valence-electron chi connectivity index (χ4n) is 2.23. The van der Waals surface area contributed by atoms with E-state index in [1.165, 1.54) is 18.3 Å². The van der Waals surface area contributed by atoms with Crippen molar-refractivity contribution < 1.29 is 19.1 Å². The first-order chi connectivity index (χ1) is 12.5. The molecule has 6 nitrogen and oxygen atoms in total. The summed E-state index contributed by atoms with van der Waals surface area (Å²) in [5.41, 5.74) is 3.56. The average molecular weight is 369 g/mol. The molecule has 1 amide bonds. The highest BCUT2D eigenvalue weighted by Gasteiger charge is 2.11. The summed E-state index contributed by atoms with van der Waals surface area (Å²) in [5, 5.41) is 13.0. The summed E-state index contributed by atoms with van der Waals surface area (Å²) < 4.78 is 5.61. The lowest BCUT2D eigenvalue weighted by Crippen LogP contribution is -2.17. The van der Waals surface area contributed by atoms with Gasteiger partial charge in [-0.05, 0) is 36.4 Å². The Balaban J connectivity index is 1.69. The number of rotatable bonds is 5. The minimum absolute atomic E-state index is 0.0207. The molecule has 3 aromatic rings. The zero-order chi connectivity index (χ0) is 18.5. The third kappa shape index (κ3) is 3.99. The highest BCUT2D eigenvalue weighted by Crippen LogP contribution is 2.27. The van der Waals surface area contributed by atoms with Crippen LogP contribution in [0, 0.1) is 0 Å². The van der Waals surface area contributed by atoms with Crippen LogP contribution in [0.1, 0.15) is 26.5 Å². The van der Waals surface area contributed by atoms with Crippen LogP contribution in [0.25, 0.3) is 11.3 Å². The van der Waals surface area contributed by atoms with Gasteiger partial charge in [0.05, 0.1) is 16.8 Å². The van der Waals surface area contributed by atoms with Crippen molar-refractivity contribution in [2.75, 3.05) is 0 Å². The van der Waals surface area contributed by atoms with Crippen LogP contribution in [0.3, 0.4) is 0 Å². The molecule has 0 aliphatic rings. The van der Waals surface area contributed by atoms with Gasteiger partial charge in [0.15, 0.2) is 0 Å². The second-order valence-corrected chi connectivity index (χ2v) is 5.67. The normalized spacial score (nSPS) is 10.8. The summed E-state index contributed by atoms with van der Waals surface area (Å²) in [6.07, 6.45) is 1.37. The maximum Gasteiger partial charge on any atom is 0.337 e. The molecule has 3 rings (SSSR count). The number of carboxylic acid groups (broad SMARTS) is 1. The molecule has 0 saturated carbocycles. The summed E-state index contributed by atoms with van der Waals surface area (Å²) in [6, 6.07) is 16.6. The fraction of sp³-hybridized carbons (Fsp3) is 0. The molecule has 0 fully saturated rings. The van der Waals surface area contributed by atoms with Gasteiger partial charge in [-0.3, -0.25) is 4.79 Å². The van der Waals surface area contributed by atoms with Crippen LogP contribution in [0.15, 0.2) is 70.2 Å². The first-order valence-corrected chi connectivity index (χ1v) is 7.94. The number of carboxylic acids is 1. The van der Waals surface area contributed by atoms with E-state index in [1.807, 2.05) is 6.07 Å². The van der Waals surface area contributed by atoms with Gasteiger partial charge < -0.3 is 9.52 Å². The van der Waals surface area contributed by atoms with Crippen molar-refractivity contribution in [3.8, 4) is 11.3 Å². The van der Waals surface area contributed by atoms with Crippen LogP contribution in [-0.4, -0.2) is 23.2 Å². The van der Waals surface area contributed by atoms with Crippen molar-refractivity contribution in [1.82, 2.24) is 5.43 Å². The zero-order valence-electron chi connectivity index (χ0n) is 13.3. The number of carbonyl (C=O) groups is 2. The fourth-order valence-corrected chi connectivity index (χ4v) is 2.49. The Hall–Kier alpha value is -3.38. The zero-order valence-corrected chi connectivity index (χ0v) is 14.1. The smallest absolute Gasteiger partial charge is 0.337 e. The number of benzene rings is 2. The molecule has 2 N–H and O–H groups in total. The lowest BCUT2D eigenvalue weighted by atomic mass is 10.1. The van der Waals surface area contributed by atoms with Gasteiger partial charge in [-0.15, -0.1) is 0 Å². The summed E-state index contributed by atoms with van der Waals surface area (Å²) in [6.45, 7) is 0. The molecular formula is C19H13ClN2O4. The van der Waals surface area contributed by atoms with E-state index in [4.69, 9.17) is 21.1 Å². The minimum Gasteiger partial charge on any atom is -0.478 e. The second kappa shape index (κ2) is 7.67. The number of aromatic carboxylic acids is 1. The van der Waals surface area contributed by atoms with Gasteiger partial charge in [0.25, 0.3) is 5.91 Å². The van der Waals surface area contributed by atoms with Crippen molar-refractivity contribution in [2.24, 2.45) is 5.10 Å². The lowest BCUT2D eigenvalue weighted by Gasteiger charge is -2.01. The Bertz CT molecular complexity index is 980. The highest BCUT2D eigenvalue weighted by molar-refractivity contribution is 6.33. The SMILES string of the molecule is O=C(N/N=C\c1ccc(-c2ccc(C(=O)O)c(Cl)c2)o1)c1ccccc1. The van der Waals surface area contributed by atoms with Crippen molar-refractivity contribution in [1.29, 1.82) is 0 Å². The van der Waals surface area contributed by atoms with E-state index in [2.05, 4.69) is 10.5 Å². The Morgan fingerprint density at radius 1 is 1.08 bits per heavy atom.